The summed E-state index contributed by atoms with van der Waals surface area (Å²) in [6, 6.07) is 0. The van der Waals surface area contributed by atoms with E-state index >= 15 is 0 Å². The Kier molecular flexibility index (Phi) is 4.99. The maximum atomic E-state index is 11.8. The topological polar surface area (TPSA) is 58.6 Å². The van der Waals surface area contributed by atoms with Crippen LogP contribution in [0.5, 0.6) is 0 Å². The van der Waals surface area contributed by atoms with Gasteiger partial charge in [0.05, 0.1) is 6.61 Å². The Morgan fingerprint density at radius 1 is 1.17 bits per heavy atom. The fourth-order valence-electron chi connectivity index (χ4n) is 2.54. The number of hydroxylamine groups is 2. The van der Waals surface area contributed by atoms with Gasteiger partial charge in [0.25, 0.3) is 0 Å². The molecule has 102 valence electrons. The first-order chi connectivity index (χ1) is 8.77. The summed E-state index contributed by atoms with van der Waals surface area (Å²) in [6.07, 6.45) is 6.64. The number of carbonyl (C=O) groups excluding carboxylic acids is 2. The van der Waals surface area contributed by atoms with Crippen LogP contribution in [0.3, 0.4) is 0 Å². The Morgan fingerprint density at radius 2 is 1.94 bits per heavy atom. The van der Waals surface area contributed by atoms with Crippen LogP contribution in [0.15, 0.2) is 0 Å². The second-order valence-corrected chi connectivity index (χ2v) is 5.06. The van der Waals surface area contributed by atoms with E-state index in [1.807, 2.05) is 0 Å². The van der Waals surface area contributed by atoms with Crippen LogP contribution in [0.25, 0.3) is 0 Å². The van der Waals surface area contributed by atoms with Crippen molar-refractivity contribution in [2.75, 3.05) is 19.7 Å². The summed E-state index contributed by atoms with van der Waals surface area (Å²) < 4.78 is 0. The fraction of sp³-hybridized carbons (Fsp3) is 0.846. The van der Waals surface area contributed by atoms with Gasteiger partial charge >= 0.3 is 0 Å². The highest BCUT2D eigenvalue weighted by Crippen LogP contribution is 2.24. The van der Waals surface area contributed by atoms with Crippen LogP contribution in [0.2, 0.25) is 0 Å². The second-order valence-electron chi connectivity index (χ2n) is 5.06. The first-order valence-corrected chi connectivity index (χ1v) is 6.98. The lowest BCUT2D eigenvalue weighted by Gasteiger charge is -2.25. The number of hydrogen-bond acceptors (Lipinski definition) is 3. The van der Waals surface area contributed by atoms with Crippen LogP contribution in [-0.2, 0) is 14.4 Å². The van der Waals surface area contributed by atoms with E-state index in [2.05, 4.69) is 5.32 Å². The monoisotopic (exact) mass is 254 g/mol. The molecule has 1 saturated heterocycles. The van der Waals surface area contributed by atoms with Gasteiger partial charge in [-0.3, -0.25) is 14.4 Å². The highest BCUT2D eigenvalue weighted by molar-refractivity contribution is 5.80. The minimum Gasteiger partial charge on any atom is -0.355 e. The molecule has 1 heterocycles. The van der Waals surface area contributed by atoms with Gasteiger partial charge in [-0.2, -0.15) is 0 Å². The number of nitrogens with one attached hydrogen (secondary N) is 1. The van der Waals surface area contributed by atoms with Crippen molar-refractivity contribution in [1.29, 1.82) is 0 Å². The summed E-state index contributed by atoms with van der Waals surface area (Å²) in [4.78, 5) is 28.8. The van der Waals surface area contributed by atoms with Crippen molar-refractivity contribution in [2.24, 2.45) is 5.92 Å². The van der Waals surface area contributed by atoms with Crippen LogP contribution >= 0.6 is 0 Å². The first-order valence-electron chi connectivity index (χ1n) is 6.98. The van der Waals surface area contributed by atoms with Crippen molar-refractivity contribution in [1.82, 2.24) is 10.4 Å². The molecule has 0 atom stereocenters. The second kappa shape index (κ2) is 6.73. The number of hydrogen-bond donors (Lipinski definition) is 1. The highest BCUT2D eigenvalue weighted by atomic mass is 16.7. The van der Waals surface area contributed by atoms with Gasteiger partial charge in [-0.05, 0) is 25.7 Å². The molecular formula is C13H22N2O3. The quantitative estimate of drug-likeness (QED) is 0.821. The molecule has 18 heavy (non-hydrogen) atoms. The zero-order valence-corrected chi connectivity index (χ0v) is 10.8. The lowest BCUT2D eigenvalue weighted by Crippen LogP contribution is -2.38. The molecule has 2 fully saturated rings. The molecule has 1 aliphatic carbocycles. The maximum absolute atomic E-state index is 11.8. The van der Waals surface area contributed by atoms with E-state index < -0.39 is 0 Å². The van der Waals surface area contributed by atoms with Crippen LogP contribution in [-0.4, -0.2) is 36.6 Å². The average Bonchev–Trinajstić information content (AvgIpc) is 2.93. The molecule has 0 aromatic rings. The number of carbonyl (C=O) groups is 2. The highest BCUT2D eigenvalue weighted by Gasteiger charge is 2.23. The molecule has 2 amide bonds. The summed E-state index contributed by atoms with van der Waals surface area (Å²) >= 11 is 0. The predicted molar refractivity (Wildman–Crippen MR) is 66.5 cm³/mol. The van der Waals surface area contributed by atoms with Crippen LogP contribution in [0.1, 0.15) is 44.9 Å². The summed E-state index contributed by atoms with van der Waals surface area (Å²) in [6.45, 7) is 1.73. The van der Waals surface area contributed by atoms with E-state index in [1.165, 1.54) is 5.06 Å². The molecule has 2 aliphatic rings. The van der Waals surface area contributed by atoms with E-state index in [-0.39, 0.29) is 17.7 Å². The number of rotatable bonds is 4. The summed E-state index contributed by atoms with van der Waals surface area (Å²) in [7, 11) is 0. The largest absolute Gasteiger partial charge is 0.355 e. The predicted octanol–water partition coefficient (Wildman–Crippen LogP) is 1.24. The molecule has 0 unspecified atom stereocenters. The van der Waals surface area contributed by atoms with Crippen molar-refractivity contribution in [3.8, 4) is 0 Å². The minimum absolute atomic E-state index is 0.0265. The SMILES string of the molecule is O=C(NCCC(=O)N1CCCCO1)C1CCCC1. The molecule has 1 saturated carbocycles. The Hall–Kier alpha value is -1.10. The molecule has 1 N–H and O–H groups in total. The third-order valence-electron chi connectivity index (χ3n) is 3.64. The van der Waals surface area contributed by atoms with Gasteiger partial charge in [-0.15, -0.1) is 0 Å². The summed E-state index contributed by atoms with van der Waals surface area (Å²) in [5.41, 5.74) is 0. The number of nitrogens with zero attached hydrogens (tertiary/aromatic N) is 1. The molecule has 5 nitrogen and oxygen atoms in total. The molecule has 0 aromatic heterocycles. The third kappa shape index (κ3) is 3.70. The lowest BCUT2D eigenvalue weighted by molar-refractivity contribution is -0.196. The molecule has 2 rings (SSSR count). The molecule has 1 aliphatic heterocycles. The zero-order chi connectivity index (χ0) is 12.8. The molecule has 0 spiro atoms. The molecule has 0 bridgehead atoms. The van der Waals surface area contributed by atoms with Crippen molar-refractivity contribution < 1.29 is 14.4 Å². The Labute approximate surface area is 108 Å². The first kappa shape index (κ1) is 13.3. The molecule has 5 heteroatoms. The van der Waals surface area contributed by atoms with Gasteiger partial charge in [0.15, 0.2) is 0 Å². The summed E-state index contributed by atoms with van der Waals surface area (Å²) in [5.74, 6) is 0.257. The van der Waals surface area contributed by atoms with Gasteiger partial charge in [-0.25, -0.2) is 5.06 Å². The lowest BCUT2D eigenvalue weighted by atomic mass is 10.1. The van der Waals surface area contributed by atoms with E-state index in [0.29, 0.717) is 26.1 Å². The smallest absolute Gasteiger partial charge is 0.247 e. The average molecular weight is 254 g/mol. The maximum Gasteiger partial charge on any atom is 0.247 e. The minimum atomic E-state index is -0.0265. The van der Waals surface area contributed by atoms with Gasteiger partial charge < -0.3 is 5.32 Å². The van der Waals surface area contributed by atoms with Gasteiger partial charge in [0.1, 0.15) is 0 Å². The van der Waals surface area contributed by atoms with Gasteiger partial charge in [-0.1, -0.05) is 12.8 Å². The van der Waals surface area contributed by atoms with Gasteiger partial charge in [0, 0.05) is 25.4 Å². The Balaban J connectivity index is 1.62. The number of amides is 2. The van der Waals surface area contributed by atoms with Crippen LogP contribution in [0, 0.1) is 5.92 Å². The van der Waals surface area contributed by atoms with E-state index in [0.717, 1.165) is 38.5 Å². The standard InChI is InChI=1S/C13H22N2O3/c16-12(15-9-3-4-10-18-15)7-8-14-13(17)11-5-1-2-6-11/h11H,1-10H2,(H,14,17). The van der Waals surface area contributed by atoms with Crippen molar-refractivity contribution >= 4 is 11.8 Å². The van der Waals surface area contributed by atoms with E-state index in [9.17, 15) is 9.59 Å². The Morgan fingerprint density at radius 3 is 2.61 bits per heavy atom. The third-order valence-corrected chi connectivity index (χ3v) is 3.64. The van der Waals surface area contributed by atoms with Crippen molar-refractivity contribution in [2.45, 2.75) is 44.9 Å². The van der Waals surface area contributed by atoms with Crippen LogP contribution in [0.4, 0.5) is 0 Å². The molecule has 0 radical (unpaired) electrons. The normalized spacial score (nSPS) is 21.0. The summed E-state index contributed by atoms with van der Waals surface area (Å²) in [5, 5.41) is 4.29. The zero-order valence-electron chi connectivity index (χ0n) is 10.8. The molecule has 0 aromatic carbocycles. The van der Waals surface area contributed by atoms with Crippen molar-refractivity contribution in [3.63, 3.8) is 0 Å². The van der Waals surface area contributed by atoms with Crippen molar-refractivity contribution in [3.05, 3.63) is 0 Å². The fourth-order valence-corrected chi connectivity index (χ4v) is 2.54. The Bertz CT molecular complexity index is 295. The van der Waals surface area contributed by atoms with Crippen LogP contribution < -0.4 is 5.32 Å². The van der Waals surface area contributed by atoms with E-state index in [4.69, 9.17) is 4.84 Å². The van der Waals surface area contributed by atoms with E-state index in [1.54, 1.807) is 0 Å². The van der Waals surface area contributed by atoms with Gasteiger partial charge in [0.2, 0.25) is 11.8 Å². The molecular weight excluding hydrogens is 232 g/mol.